The third-order valence-corrected chi connectivity index (χ3v) is 3.26. The first-order valence-electron chi connectivity index (χ1n) is 6.89. The summed E-state index contributed by atoms with van der Waals surface area (Å²) in [6.45, 7) is 6.82. The van der Waals surface area contributed by atoms with Crippen molar-refractivity contribution in [3.05, 3.63) is 71.8 Å². The molecule has 0 bridgehead atoms. The molecule has 0 fully saturated rings. The molecule has 0 aliphatic rings. The summed E-state index contributed by atoms with van der Waals surface area (Å²) in [5.41, 5.74) is 1.66. The van der Waals surface area contributed by atoms with Crippen LogP contribution in [0.5, 0.6) is 0 Å². The SMILES string of the molecule is CC(C)(C)N(Cc1ccccc1)C(=O)c1ccccc1. The highest BCUT2D eigenvalue weighted by Gasteiger charge is 2.27. The van der Waals surface area contributed by atoms with Crippen LogP contribution in [-0.2, 0) is 6.54 Å². The van der Waals surface area contributed by atoms with Crippen LogP contribution in [0.25, 0.3) is 0 Å². The second kappa shape index (κ2) is 5.91. The average molecular weight is 267 g/mol. The summed E-state index contributed by atoms with van der Waals surface area (Å²) >= 11 is 0. The lowest BCUT2D eigenvalue weighted by Gasteiger charge is -2.36. The van der Waals surface area contributed by atoms with E-state index < -0.39 is 0 Å². The van der Waals surface area contributed by atoms with Crippen molar-refractivity contribution in [1.29, 1.82) is 0 Å². The Morgan fingerprint density at radius 2 is 1.40 bits per heavy atom. The van der Waals surface area contributed by atoms with Crippen LogP contribution in [0.1, 0.15) is 36.7 Å². The van der Waals surface area contributed by atoms with Crippen molar-refractivity contribution < 1.29 is 4.79 Å². The van der Waals surface area contributed by atoms with Gasteiger partial charge in [-0.25, -0.2) is 0 Å². The third-order valence-electron chi connectivity index (χ3n) is 3.26. The Morgan fingerprint density at radius 1 is 0.900 bits per heavy atom. The molecular formula is C18H21NO. The van der Waals surface area contributed by atoms with Crippen molar-refractivity contribution in [2.24, 2.45) is 0 Å². The Hall–Kier alpha value is -2.09. The molecule has 2 aromatic rings. The number of hydrogen-bond acceptors (Lipinski definition) is 1. The Morgan fingerprint density at radius 3 is 1.90 bits per heavy atom. The quantitative estimate of drug-likeness (QED) is 0.819. The summed E-state index contributed by atoms with van der Waals surface area (Å²) in [6, 6.07) is 19.6. The van der Waals surface area contributed by atoms with Gasteiger partial charge in [0.2, 0.25) is 0 Å². The molecule has 0 aliphatic carbocycles. The first kappa shape index (κ1) is 14.3. The summed E-state index contributed by atoms with van der Waals surface area (Å²) in [5.74, 6) is 0.0713. The summed E-state index contributed by atoms with van der Waals surface area (Å²) < 4.78 is 0. The van der Waals surface area contributed by atoms with E-state index in [0.29, 0.717) is 6.54 Å². The van der Waals surface area contributed by atoms with Crippen LogP contribution in [-0.4, -0.2) is 16.3 Å². The molecule has 0 saturated heterocycles. The largest absolute Gasteiger partial charge is 0.329 e. The Kier molecular flexibility index (Phi) is 4.23. The first-order chi connectivity index (χ1) is 9.48. The van der Waals surface area contributed by atoms with E-state index in [2.05, 4.69) is 32.9 Å². The maximum absolute atomic E-state index is 12.7. The topological polar surface area (TPSA) is 20.3 Å². The Balaban J connectivity index is 2.27. The van der Waals surface area contributed by atoms with Gasteiger partial charge in [0, 0.05) is 17.6 Å². The zero-order chi connectivity index (χ0) is 14.6. The summed E-state index contributed by atoms with van der Waals surface area (Å²) in [7, 11) is 0. The van der Waals surface area contributed by atoms with E-state index in [1.54, 1.807) is 0 Å². The van der Waals surface area contributed by atoms with Crippen molar-refractivity contribution in [3.63, 3.8) is 0 Å². The number of rotatable bonds is 3. The second-order valence-corrected chi connectivity index (χ2v) is 5.91. The van der Waals surface area contributed by atoms with Crippen LogP contribution in [0.3, 0.4) is 0 Å². The van der Waals surface area contributed by atoms with Crippen molar-refractivity contribution in [3.8, 4) is 0 Å². The fourth-order valence-corrected chi connectivity index (χ4v) is 2.12. The van der Waals surface area contributed by atoms with E-state index in [4.69, 9.17) is 0 Å². The maximum Gasteiger partial charge on any atom is 0.254 e. The van der Waals surface area contributed by atoms with Crippen molar-refractivity contribution in [1.82, 2.24) is 4.90 Å². The van der Waals surface area contributed by atoms with Gasteiger partial charge in [-0.3, -0.25) is 4.79 Å². The lowest BCUT2D eigenvalue weighted by molar-refractivity contribution is 0.0559. The van der Waals surface area contributed by atoms with E-state index in [1.807, 2.05) is 53.4 Å². The van der Waals surface area contributed by atoms with Crippen LogP contribution in [0, 0.1) is 0 Å². The molecule has 0 atom stereocenters. The molecule has 20 heavy (non-hydrogen) atoms. The number of benzene rings is 2. The molecule has 0 saturated carbocycles. The molecule has 2 heteroatoms. The molecule has 0 unspecified atom stereocenters. The first-order valence-corrected chi connectivity index (χ1v) is 6.89. The van der Waals surface area contributed by atoms with Gasteiger partial charge in [0.15, 0.2) is 0 Å². The van der Waals surface area contributed by atoms with Gasteiger partial charge >= 0.3 is 0 Å². The van der Waals surface area contributed by atoms with Gasteiger partial charge in [-0.15, -0.1) is 0 Å². The smallest absolute Gasteiger partial charge is 0.254 e. The number of carbonyl (C=O) groups is 1. The predicted molar refractivity (Wildman–Crippen MR) is 82.5 cm³/mol. The van der Waals surface area contributed by atoms with E-state index >= 15 is 0 Å². The normalized spacial score (nSPS) is 11.2. The second-order valence-electron chi connectivity index (χ2n) is 5.91. The zero-order valence-corrected chi connectivity index (χ0v) is 12.3. The molecule has 2 aromatic carbocycles. The Labute approximate surface area is 121 Å². The monoisotopic (exact) mass is 267 g/mol. The fourth-order valence-electron chi connectivity index (χ4n) is 2.12. The van der Waals surface area contributed by atoms with Crippen molar-refractivity contribution in [2.45, 2.75) is 32.9 Å². The van der Waals surface area contributed by atoms with Gasteiger partial charge in [-0.1, -0.05) is 48.5 Å². The van der Waals surface area contributed by atoms with Crippen LogP contribution in [0.15, 0.2) is 60.7 Å². The molecule has 2 nitrogen and oxygen atoms in total. The maximum atomic E-state index is 12.7. The number of carbonyl (C=O) groups excluding carboxylic acids is 1. The van der Waals surface area contributed by atoms with Crippen LogP contribution in [0.2, 0.25) is 0 Å². The lowest BCUT2D eigenvalue weighted by Crippen LogP contribution is -2.45. The van der Waals surface area contributed by atoms with Gasteiger partial charge in [0.1, 0.15) is 0 Å². The molecule has 0 radical (unpaired) electrons. The van der Waals surface area contributed by atoms with Gasteiger partial charge in [0.25, 0.3) is 5.91 Å². The predicted octanol–water partition coefficient (Wildman–Crippen LogP) is 4.13. The number of nitrogens with zero attached hydrogens (tertiary/aromatic N) is 1. The molecule has 0 N–H and O–H groups in total. The third kappa shape index (κ3) is 3.47. The molecule has 104 valence electrons. The Bertz CT molecular complexity index is 555. The van der Waals surface area contributed by atoms with Gasteiger partial charge in [-0.2, -0.15) is 0 Å². The highest BCUT2D eigenvalue weighted by atomic mass is 16.2. The van der Waals surface area contributed by atoms with Gasteiger partial charge in [0.05, 0.1) is 0 Å². The van der Waals surface area contributed by atoms with Crippen molar-refractivity contribution >= 4 is 5.91 Å². The number of amides is 1. The molecular weight excluding hydrogens is 246 g/mol. The standard InChI is InChI=1S/C18H21NO/c1-18(2,3)19(14-15-10-6-4-7-11-15)17(20)16-12-8-5-9-13-16/h4-13H,14H2,1-3H3. The number of hydrogen-bond donors (Lipinski definition) is 0. The highest BCUT2D eigenvalue weighted by molar-refractivity contribution is 5.94. The molecule has 1 amide bonds. The highest BCUT2D eigenvalue weighted by Crippen LogP contribution is 2.20. The minimum absolute atomic E-state index is 0.0713. The van der Waals surface area contributed by atoms with E-state index in [1.165, 1.54) is 0 Å². The van der Waals surface area contributed by atoms with Crippen LogP contribution >= 0.6 is 0 Å². The van der Waals surface area contributed by atoms with Crippen molar-refractivity contribution in [2.75, 3.05) is 0 Å². The van der Waals surface area contributed by atoms with Crippen LogP contribution < -0.4 is 0 Å². The van der Waals surface area contributed by atoms with E-state index in [-0.39, 0.29) is 11.4 Å². The summed E-state index contributed by atoms with van der Waals surface area (Å²) in [4.78, 5) is 14.6. The molecule has 0 heterocycles. The molecule has 0 aliphatic heterocycles. The van der Waals surface area contributed by atoms with E-state index in [0.717, 1.165) is 11.1 Å². The van der Waals surface area contributed by atoms with Gasteiger partial charge < -0.3 is 4.90 Å². The van der Waals surface area contributed by atoms with E-state index in [9.17, 15) is 4.79 Å². The minimum atomic E-state index is -0.219. The molecule has 0 spiro atoms. The van der Waals surface area contributed by atoms with Crippen LogP contribution in [0.4, 0.5) is 0 Å². The lowest BCUT2D eigenvalue weighted by atomic mass is 10.0. The summed E-state index contributed by atoms with van der Waals surface area (Å²) in [6.07, 6.45) is 0. The molecule has 0 aromatic heterocycles. The average Bonchev–Trinajstić information content (AvgIpc) is 2.45. The summed E-state index contributed by atoms with van der Waals surface area (Å²) in [5, 5.41) is 0. The fraction of sp³-hybridized carbons (Fsp3) is 0.278. The zero-order valence-electron chi connectivity index (χ0n) is 12.3. The molecule has 2 rings (SSSR count). The van der Waals surface area contributed by atoms with Gasteiger partial charge in [-0.05, 0) is 38.5 Å². The minimum Gasteiger partial charge on any atom is -0.329 e.